The zero-order chi connectivity index (χ0) is 20.6. The van der Waals surface area contributed by atoms with Gasteiger partial charge in [0, 0.05) is 30.6 Å². The summed E-state index contributed by atoms with van der Waals surface area (Å²) in [6, 6.07) is 12.8. The average Bonchev–Trinajstić information content (AvgIpc) is 3.19. The Morgan fingerprint density at radius 1 is 1.06 bits per heavy atom. The van der Waals surface area contributed by atoms with Crippen molar-refractivity contribution < 1.29 is 4.79 Å². The molecule has 32 heavy (non-hydrogen) atoms. The Balaban J connectivity index is 0.00000181. The molecular weight excluding hydrogens is 396 g/mol. The Kier molecular flexibility index (Phi) is 10.3. The first-order valence-electron chi connectivity index (χ1n) is 11.3. The summed E-state index contributed by atoms with van der Waals surface area (Å²) in [5, 5.41) is 10.9. The molecular formula is C27H40N4O. The highest BCUT2D eigenvalue weighted by atomic mass is 16.2. The smallest absolute Gasteiger partial charge is 0.240 e. The number of aromatic nitrogens is 2. The zero-order valence-electron chi connectivity index (χ0n) is 17.6. The Labute approximate surface area is 194 Å². The van der Waals surface area contributed by atoms with Gasteiger partial charge in [-0.3, -0.25) is 9.89 Å². The lowest BCUT2D eigenvalue weighted by atomic mass is 9.97. The third kappa shape index (κ3) is 7.40. The minimum Gasteiger partial charge on any atom is -0.352 e. The Morgan fingerprint density at radius 3 is 2.53 bits per heavy atom. The lowest BCUT2D eigenvalue weighted by Gasteiger charge is -2.24. The van der Waals surface area contributed by atoms with Crippen molar-refractivity contribution in [2.24, 2.45) is 0 Å². The van der Waals surface area contributed by atoms with Gasteiger partial charge in [-0.05, 0) is 36.5 Å². The van der Waals surface area contributed by atoms with Crippen LogP contribution in [0.4, 0.5) is 0 Å². The van der Waals surface area contributed by atoms with Crippen LogP contribution in [0, 0.1) is 0 Å². The molecule has 2 heterocycles. The number of nitrogens with one attached hydrogen (secondary N) is 2. The van der Waals surface area contributed by atoms with Crippen LogP contribution in [0.2, 0.25) is 0 Å². The molecule has 2 aliphatic rings. The molecule has 5 nitrogen and oxygen atoms in total. The van der Waals surface area contributed by atoms with Crippen molar-refractivity contribution in [1.29, 1.82) is 0 Å². The van der Waals surface area contributed by atoms with Crippen LogP contribution in [0.25, 0.3) is 5.57 Å². The van der Waals surface area contributed by atoms with Gasteiger partial charge in [0.15, 0.2) is 0 Å². The molecule has 1 saturated carbocycles. The molecule has 1 aliphatic carbocycles. The van der Waals surface area contributed by atoms with Gasteiger partial charge in [-0.2, -0.15) is 5.10 Å². The van der Waals surface area contributed by atoms with Gasteiger partial charge >= 0.3 is 0 Å². The van der Waals surface area contributed by atoms with E-state index in [4.69, 9.17) is 0 Å². The van der Waals surface area contributed by atoms with Crippen molar-refractivity contribution in [2.45, 2.75) is 78.7 Å². The number of nitrogens with zero attached hydrogens (tertiary/aromatic N) is 2. The molecule has 0 saturated heterocycles. The average molecular weight is 437 g/mol. The number of benzene rings is 1. The second-order valence-electron chi connectivity index (χ2n) is 8.47. The van der Waals surface area contributed by atoms with Gasteiger partial charge in [-0.25, -0.2) is 0 Å². The number of allylic oxidation sites excluding steroid dienone is 2. The topological polar surface area (TPSA) is 61.0 Å². The van der Waals surface area contributed by atoms with Crippen LogP contribution >= 0.6 is 0 Å². The van der Waals surface area contributed by atoms with Crippen molar-refractivity contribution in [3.63, 3.8) is 0 Å². The summed E-state index contributed by atoms with van der Waals surface area (Å²) in [5.41, 5.74) is 4.44. The fraction of sp³-hybridized carbons (Fsp3) is 0.481. The molecule has 0 bridgehead atoms. The van der Waals surface area contributed by atoms with E-state index in [2.05, 4.69) is 58.1 Å². The second-order valence-corrected chi connectivity index (χ2v) is 8.47. The van der Waals surface area contributed by atoms with Gasteiger partial charge in [0.25, 0.3) is 0 Å². The third-order valence-electron chi connectivity index (χ3n) is 5.95. The van der Waals surface area contributed by atoms with E-state index in [1.54, 1.807) is 0 Å². The Morgan fingerprint density at radius 2 is 1.78 bits per heavy atom. The van der Waals surface area contributed by atoms with Crippen LogP contribution < -0.4 is 5.32 Å². The minimum absolute atomic E-state index is 0. The number of aromatic amines is 1. The molecule has 1 aromatic heterocycles. The summed E-state index contributed by atoms with van der Waals surface area (Å²) in [4.78, 5) is 14.6. The first-order chi connectivity index (χ1) is 14.8. The van der Waals surface area contributed by atoms with E-state index in [0.717, 1.165) is 42.6 Å². The number of amides is 1. The maximum absolute atomic E-state index is 12.6. The zero-order valence-corrected chi connectivity index (χ0v) is 17.6. The second kappa shape index (κ2) is 12.9. The summed E-state index contributed by atoms with van der Waals surface area (Å²) >= 11 is 0. The molecule has 174 valence electrons. The number of carbonyl (C=O) groups excluding carboxylic acids is 1. The van der Waals surface area contributed by atoms with Crippen LogP contribution in [-0.4, -0.2) is 33.6 Å². The number of carbonyl (C=O) groups is 1. The molecule has 0 radical (unpaired) electrons. The summed E-state index contributed by atoms with van der Waals surface area (Å²) in [6.45, 7) is 0.359. The largest absolute Gasteiger partial charge is 0.352 e. The summed E-state index contributed by atoms with van der Waals surface area (Å²) in [6.07, 6.45) is 16.4. The van der Waals surface area contributed by atoms with Crippen molar-refractivity contribution in [3.05, 3.63) is 71.8 Å². The van der Waals surface area contributed by atoms with E-state index in [-0.39, 0.29) is 20.8 Å². The van der Waals surface area contributed by atoms with Crippen molar-refractivity contribution in [3.8, 4) is 0 Å². The molecule has 0 atom stereocenters. The van der Waals surface area contributed by atoms with Crippen LogP contribution in [0.15, 0.2) is 54.9 Å². The molecule has 0 spiro atoms. The van der Waals surface area contributed by atoms with Crippen molar-refractivity contribution in [2.75, 3.05) is 6.54 Å². The number of H-pyrrole nitrogens is 1. The monoisotopic (exact) mass is 436 g/mol. The quantitative estimate of drug-likeness (QED) is 0.578. The normalized spacial score (nSPS) is 16.8. The molecule has 0 unspecified atom stereocenters. The van der Waals surface area contributed by atoms with Crippen LogP contribution in [-0.2, 0) is 11.2 Å². The van der Waals surface area contributed by atoms with E-state index in [1.807, 2.05) is 17.2 Å². The number of rotatable bonds is 6. The number of hydrogen-bond donors (Lipinski definition) is 2. The first kappa shape index (κ1) is 25.4. The van der Waals surface area contributed by atoms with E-state index in [9.17, 15) is 4.79 Å². The molecule has 1 aliphatic heterocycles. The van der Waals surface area contributed by atoms with Crippen LogP contribution in [0.1, 0.15) is 83.2 Å². The summed E-state index contributed by atoms with van der Waals surface area (Å²) in [5.74, 6) is 0.106. The third-order valence-corrected chi connectivity index (χ3v) is 5.95. The van der Waals surface area contributed by atoms with Gasteiger partial charge < -0.3 is 10.2 Å². The summed E-state index contributed by atoms with van der Waals surface area (Å²) in [7, 11) is 0. The highest BCUT2D eigenvalue weighted by molar-refractivity contribution is 5.79. The van der Waals surface area contributed by atoms with Gasteiger partial charge in [-0.15, -0.1) is 0 Å². The van der Waals surface area contributed by atoms with E-state index >= 15 is 0 Å². The summed E-state index contributed by atoms with van der Waals surface area (Å²) < 4.78 is 0. The van der Waals surface area contributed by atoms with Gasteiger partial charge in [0.05, 0.1) is 5.69 Å². The molecule has 2 N–H and O–H groups in total. The predicted molar refractivity (Wildman–Crippen MR) is 134 cm³/mol. The van der Waals surface area contributed by atoms with E-state index in [0.29, 0.717) is 12.6 Å². The fourth-order valence-corrected chi connectivity index (χ4v) is 4.35. The van der Waals surface area contributed by atoms with Crippen molar-refractivity contribution in [1.82, 2.24) is 20.4 Å². The van der Waals surface area contributed by atoms with Crippen LogP contribution in [0.5, 0.6) is 0 Å². The standard InChI is InChI=1S/C25H32N4O.2CH4/c30-25(26-22-13-7-2-1-3-8-14-22)19-29-15-9-12-21(18-29)24-17-23(27-28-24)16-20-10-5-4-6-11-20;;/h4-6,9-11,15,17-18,22H,1-3,7-8,12-14,16,19H2,(H,26,30)(H,27,28);2*1H4. The van der Waals surface area contributed by atoms with Crippen molar-refractivity contribution >= 4 is 11.5 Å². The van der Waals surface area contributed by atoms with Crippen LogP contribution in [0.3, 0.4) is 0 Å². The molecule has 2 aromatic rings. The van der Waals surface area contributed by atoms with Gasteiger partial charge in [0.1, 0.15) is 6.54 Å². The van der Waals surface area contributed by atoms with Gasteiger partial charge in [0.2, 0.25) is 5.91 Å². The maximum Gasteiger partial charge on any atom is 0.240 e. The number of hydrogen-bond acceptors (Lipinski definition) is 3. The first-order valence-corrected chi connectivity index (χ1v) is 11.3. The Bertz CT molecular complexity index is 876. The van der Waals surface area contributed by atoms with Gasteiger partial charge in [-0.1, -0.05) is 83.4 Å². The SMILES string of the molecule is C.C.O=C(CN1C=CCC(c2cc(Cc3ccccc3)[nH]n2)=C1)NC1CCCCCCC1. The Hall–Kier alpha value is -2.82. The minimum atomic E-state index is 0. The molecule has 5 heteroatoms. The molecule has 1 amide bonds. The molecule has 1 fully saturated rings. The maximum atomic E-state index is 12.6. The molecule has 4 rings (SSSR count). The fourth-order valence-electron chi connectivity index (χ4n) is 4.35. The predicted octanol–water partition coefficient (Wildman–Crippen LogP) is 6.06. The highest BCUT2D eigenvalue weighted by Gasteiger charge is 2.17. The highest BCUT2D eigenvalue weighted by Crippen LogP contribution is 2.23. The lowest BCUT2D eigenvalue weighted by molar-refractivity contribution is -0.122. The van der Waals surface area contributed by atoms with E-state index in [1.165, 1.54) is 37.7 Å². The lowest BCUT2D eigenvalue weighted by Crippen LogP contribution is -2.40. The molecule has 1 aromatic carbocycles. The van der Waals surface area contributed by atoms with E-state index < -0.39 is 0 Å².